The summed E-state index contributed by atoms with van der Waals surface area (Å²) in [5, 5.41) is 0.346. The highest BCUT2D eigenvalue weighted by Gasteiger charge is 2.64. The van der Waals surface area contributed by atoms with Crippen molar-refractivity contribution >= 4 is 28.5 Å². The number of para-hydroxylation sites is 1. The Hall–Kier alpha value is -4.59. The zero-order valence-corrected chi connectivity index (χ0v) is 20.5. The molecule has 8 heteroatoms. The Bertz CT molecular complexity index is 1760. The quantitative estimate of drug-likeness (QED) is 0.418. The maximum atomic E-state index is 14.2. The molecule has 4 aromatic rings. The molecule has 0 saturated carbocycles. The van der Waals surface area contributed by atoms with Crippen LogP contribution in [0.1, 0.15) is 38.4 Å². The number of carbonyl (C=O) groups excluding carboxylic acids is 2. The summed E-state index contributed by atoms with van der Waals surface area (Å²) < 4.78 is 17.1. The predicted molar refractivity (Wildman–Crippen MR) is 135 cm³/mol. The monoisotopic (exact) mass is 494 g/mol. The highest BCUT2D eigenvalue weighted by molar-refractivity contribution is 6.16. The van der Waals surface area contributed by atoms with Crippen LogP contribution < -0.4 is 19.8 Å². The van der Waals surface area contributed by atoms with Crippen LogP contribution in [0.25, 0.3) is 11.0 Å². The van der Waals surface area contributed by atoms with Gasteiger partial charge in [0.05, 0.1) is 10.9 Å². The first-order valence-electron chi connectivity index (χ1n) is 12.0. The van der Waals surface area contributed by atoms with Crippen molar-refractivity contribution < 1.29 is 23.5 Å². The second-order valence-electron chi connectivity index (χ2n) is 9.74. The molecule has 2 amide bonds. The molecular weight excluding hydrogens is 472 g/mol. The van der Waals surface area contributed by atoms with E-state index in [-0.39, 0.29) is 36.0 Å². The Balaban J connectivity index is 1.53. The molecule has 0 N–H and O–H groups in total. The van der Waals surface area contributed by atoms with Crippen molar-refractivity contribution in [2.45, 2.75) is 25.9 Å². The largest absolute Gasteiger partial charge is 0.454 e. The number of anilines is 1. The molecule has 1 spiro atoms. The first-order valence-corrected chi connectivity index (χ1v) is 12.0. The van der Waals surface area contributed by atoms with Gasteiger partial charge in [0.1, 0.15) is 5.58 Å². The van der Waals surface area contributed by atoms with E-state index in [1.807, 2.05) is 38.1 Å². The molecule has 3 aromatic carbocycles. The van der Waals surface area contributed by atoms with E-state index in [0.717, 1.165) is 16.7 Å². The lowest BCUT2D eigenvalue weighted by Crippen LogP contribution is -2.52. The minimum Gasteiger partial charge on any atom is -0.454 e. The first kappa shape index (κ1) is 21.7. The third-order valence-corrected chi connectivity index (χ3v) is 7.76. The number of aryl methyl sites for hydroxylation is 2. The normalized spacial score (nSPS) is 19.3. The Morgan fingerprint density at radius 1 is 0.919 bits per heavy atom. The van der Waals surface area contributed by atoms with Gasteiger partial charge in [0.25, 0.3) is 11.8 Å². The number of rotatable bonds is 2. The molecule has 4 heterocycles. The standard InChI is InChI=1S/C29H22N2O6/c1-15-10-18-22(11-16(15)2)37-26-24(25(18)32)29(19-6-4-5-7-20(19)30(3)28(29)34)31(27(26)33)13-17-8-9-21-23(12-17)36-14-35-21/h4-12H,13-14H2,1-3H3. The van der Waals surface area contributed by atoms with Gasteiger partial charge in [-0.25, -0.2) is 0 Å². The van der Waals surface area contributed by atoms with Gasteiger partial charge in [-0.15, -0.1) is 0 Å². The van der Waals surface area contributed by atoms with Crippen LogP contribution in [0, 0.1) is 13.8 Å². The van der Waals surface area contributed by atoms with Crippen molar-refractivity contribution in [3.05, 3.63) is 98.4 Å². The Kier molecular flexibility index (Phi) is 4.23. The number of amides is 2. The molecule has 37 heavy (non-hydrogen) atoms. The summed E-state index contributed by atoms with van der Waals surface area (Å²) in [7, 11) is 1.66. The molecular formula is C29H22N2O6. The van der Waals surface area contributed by atoms with Crippen LogP contribution in [-0.4, -0.2) is 30.6 Å². The highest BCUT2D eigenvalue weighted by atomic mass is 16.7. The van der Waals surface area contributed by atoms with Crippen LogP contribution in [0.5, 0.6) is 11.5 Å². The van der Waals surface area contributed by atoms with Crippen molar-refractivity contribution in [1.29, 1.82) is 0 Å². The molecule has 0 fully saturated rings. The van der Waals surface area contributed by atoms with E-state index in [1.54, 1.807) is 37.4 Å². The predicted octanol–water partition coefficient (Wildman–Crippen LogP) is 4.01. The Labute approximate surface area is 211 Å². The summed E-state index contributed by atoms with van der Waals surface area (Å²) in [5.41, 5.74) is 2.17. The summed E-state index contributed by atoms with van der Waals surface area (Å²) in [6, 6.07) is 16.2. The third kappa shape index (κ3) is 2.64. The van der Waals surface area contributed by atoms with Gasteiger partial charge in [-0.05, 0) is 60.9 Å². The number of benzene rings is 3. The number of carbonyl (C=O) groups is 2. The molecule has 0 aliphatic carbocycles. The van der Waals surface area contributed by atoms with Gasteiger partial charge >= 0.3 is 0 Å². The van der Waals surface area contributed by atoms with E-state index in [1.165, 1.54) is 9.80 Å². The van der Waals surface area contributed by atoms with Crippen LogP contribution in [-0.2, 0) is 16.9 Å². The van der Waals surface area contributed by atoms with Crippen LogP contribution in [0.15, 0.2) is 63.8 Å². The number of likely N-dealkylation sites (N-methyl/N-ethyl adjacent to an activating group) is 1. The number of fused-ring (bicyclic) bond motifs is 6. The molecule has 0 bridgehead atoms. The van der Waals surface area contributed by atoms with Gasteiger partial charge in [0.2, 0.25) is 12.6 Å². The number of hydrogen-bond acceptors (Lipinski definition) is 6. The smallest absolute Gasteiger partial charge is 0.291 e. The summed E-state index contributed by atoms with van der Waals surface area (Å²) in [5.74, 6) is 0.197. The lowest BCUT2D eigenvalue weighted by molar-refractivity contribution is -0.126. The zero-order valence-electron chi connectivity index (χ0n) is 20.5. The van der Waals surface area contributed by atoms with Gasteiger partial charge in [-0.3, -0.25) is 14.4 Å². The molecule has 0 radical (unpaired) electrons. The average Bonchev–Trinajstić information content (AvgIpc) is 3.52. The second kappa shape index (κ2) is 7.22. The topological polar surface area (TPSA) is 89.3 Å². The van der Waals surface area contributed by atoms with Crippen LogP contribution >= 0.6 is 0 Å². The molecule has 8 nitrogen and oxygen atoms in total. The zero-order chi connectivity index (χ0) is 25.6. The average molecular weight is 495 g/mol. The molecule has 7 rings (SSSR count). The van der Waals surface area contributed by atoms with Gasteiger partial charge in [-0.2, -0.15) is 0 Å². The van der Waals surface area contributed by atoms with E-state index in [4.69, 9.17) is 13.9 Å². The molecule has 0 saturated heterocycles. The summed E-state index contributed by atoms with van der Waals surface area (Å²) >= 11 is 0. The maximum Gasteiger partial charge on any atom is 0.291 e. The van der Waals surface area contributed by atoms with Crippen molar-refractivity contribution in [1.82, 2.24) is 4.90 Å². The molecule has 1 unspecified atom stereocenters. The molecule has 1 atom stereocenters. The van der Waals surface area contributed by atoms with Crippen molar-refractivity contribution in [3.8, 4) is 11.5 Å². The minimum atomic E-state index is -1.65. The molecule has 3 aliphatic rings. The van der Waals surface area contributed by atoms with Crippen molar-refractivity contribution in [2.75, 3.05) is 18.7 Å². The van der Waals surface area contributed by atoms with Gasteiger partial charge in [-0.1, -0.05) is 24.3 Å². The first-order chi connectivity index (χ1) is 17.8. The summed E-state index contributed by atoms with van der Waals surface area (Å²) in [4.78, 5) is 45.4. The fraction of sp³-hybridized carbons (Fsp3) is 0.207. The van der Waals surface area contributed by atoms with E-state index in [9.17, 15) is 14.4 Å². The Morgan fingerprint density at radius 3 is 2.51 bits per heavy atom. The lowest BCUT2D eigenvalue weighted by Gasteiger charge is -2.34. The minimum absolute atomic E-state index is 0.0570. The molecule has 3 aliphatic heterocycles. The van der Waals surface area contributed by atoms with Crippen LogP contribution in [0.4, 0.5) is 5.69 Å². The fourth-order valence-electron chi connectivity index (χ4n) is 5.79. The van der Waals surface area contributed by atoms with Crippen molar-refractivity contribution in [3.63, 3.8) is 0 Å². The highest BCUT2D eigenvalue weighted by Crippen LogP contribution is 2.52. The van der Waals surface area contributed by atoms with E-state index >= 15 is 0 Å². The van der Waals surface area contributed by atoms with Gasteiger partial charge in [0.15, 0.2) is 22.5 Å². The maximum absolute atomic E-state index is 14.2. The fourth-order valence-corrected chi connectivity index (χ4v) is 5.79. The van der Waals surface area contributed by atoms with E-state index in [0.29, 0.717) is 33.7 Å². The Morgan fingerprint density at radius 2 is 1.68 bits per heavy atom. The van der Waals surface area contributed by atoms with Gasteiger partial charge in [0, 0.05) is 24.8 Å². The van der Waals surface area contributed by atoms with Crippen LogP contribution in [0.3, 0.4) is 0 Å². The van der Waals surface area contributed by atoms with E-state index in [2.05, 4.69) is 0 Å². The number of ether oxygens (including phenoxy) is 2. The second-order valence-corrected chi connectivity index (χ2v) is 9.74. The van der Waals surface area contributed by atoms with Crippen molar-refractivity contribution in [2.24, 2.45) is 0 Å². The summed E-state index contributed by atoms with van der Waals surface area (Å²) in [6.45, 7) is 4.01. The van der Waals surface area contributed by atoms with E-state index < -0.39 is 11.4 Å². The SMILES string of the molecule is Cc1cc2oc3c(c(=O)c2cc1C)C1(C(=O)N(C)c2ccccc21)N(Cc1ccc2c(c1)OCO2)C3=O. The number of nitrogens with zero attached hydrogens (tertiary/aromatic N) is 2. The molecule has 184 valence electrons. The third-order valence-electron chi connectivity index (χ3n) is 7.76. The summed E-state index contributed by atoms with van der Waals surface area (Å²) in [6.07, 6.45) is 0. The number of hydrogen-bond donors (Lipinski definition) is 0. The van der Waals surface area contributed by atoms with Crippen LogP contribution in [0.2, 0.25) is 0 Å². The lowest BCUT2D eigenvalue weighted by atomic mass is 9.83. The molecule has 1 aromatic heterocycles. The van der Waals surface area contributed by atoms with Gasteiger partial charge < -0.3 is 23.7 Å².